The van der Waals surface area contributed by atoms with Crippen LogP contribution in [0.1, 0.15) is 46.0 Å². The molecular weight excluding hydrogens is 222 g/mol. The van der Waals surface area contributed by atoms with Gasteiger partial charge in [0.05, 0.1) is 5.54 Å². The topological polar surface area (TPSA) is 29.1 Å². The van der Waals surface area contributed by atoms with Crippen LogP contribution < -0.4 is 5.32 Å². The SMILES string of the molecule is CCC(C)(CCl)NC(=O)C1CC2CCC1C2. The van der Waals surface area contributed by atoms with Crippen LogP contribution in [0.5, 0.6) is 0 Å². The molecule has 0 radical (unpaired) electrons. The first-order valence-corrected chi connectivity index (χ1v) is 6.99. The summed E-state index contributed by atoms with van der Waals surface area (Å²) in [4.78, 5) is 12.2. The maximum Gasteiger partial charge on any atom is 0.223 e. The minimum Gasteiger partial charge on any atom is -0.350 e. The van der Waals surface area contributed by atoms with Crippen LogP contribution in [0.2, 0.25) is 0 Å². The highest BCUT2D eigenvalue weighted by Gasteiger charge is 2.44. The van der Waals surface area contributed by atoms with Crippen molar-refractivity contribution in [3.63, 3.8) is 0 Å². The van der Waals surface area contributed by atoms with Gasteiger partial charge >= 0.3 is 0 Å². The standard InChI is InChI=1S/C13H22ClNO/c1-3-13(2,8-14)15-12(16)11-7-9-4-5-10(11)6-9/h9-11H,3-8H2,1-2H3,(H,15,16). The molecule has 2 bridgehead atoms. The summed E-state index contributed by atoms with van der Waals surface area (Å²) in [5.74, 6) is 2.49. The molecule has 0 aromatic rings. The van der Waals surface area contributed by atoms with Crippen LogP contribution in [0.15, 0.2) is 0 Å². The summed E-state index contributed by atoms with van der Waals surface area (Å²) in [6, 6.07) is 0. The Bertz CT molecular complexity index is 275. The van der Waals surface area contributed by atoms with Gasteiger partial charge in [-0.2, -0.15) is 0 Å². The molecule has 4 atom stereocenters. The van der Waals surface area contributed by atoms with E-state index in [-0.39, 0.29) is 17.4 Å². The molecule has 92 valence electrons. The summed E-state index contributed by atoms with van der Waals surface area (Å²) in [5.41, 5.74) is -0.222. The molecule has 2 aliphatic carbocycles. The molecule has 2 saturated carbocycles. The Morgan fingerprint density at radius 2 is 2.19 bits per heavy atom. The van der Waals surface area contributed by atoms with E-state index in [4.69, 9.17) is 11.6 Å². The number of carbonyl (C=O) groups excluding carboxylic acids is 1. The van der Waals surface area contributed by atoms with E-state index in [9.17, 15) is 4.79 Å². The number of alkyl halides is 1. The number of fused-ring (bicyclic) bond motifs is 2. The van der Waals surface area contributed by atoms with Crippen molar-refractivity contribution in [3.8, 4) is 0 Å². The molecule has 0 aliphatic heterocycles. The Morgan fingerprint density at radius 1 is 1.44 bits per heavy atom. The fraction of sp³-hybridized carbons (Fsp3) is 0.923. The molecule has 2 aliphatic rings. The van der Waals surface area contributed by atoms with Crippen LogP contribution in [0.3, 0.4) is 0 Å². The molecule has 1 amide bonds. The molecule has 0 aromatic carbocycles. The monoisotopic (exact) mass is 243 g/mol. The van der Waals surface area contributed by atoms with E-state index in [0.717, 1.165) is 18.8 Å². The third-order valence-electron chi connectivity index (χ3n) is 4.58. The Kier molecular flexibility index (Phi) is 3.48. The second-order valence-corrected chi connectivity index (χ2v) is 6.09. The summed E-state index contributed by atoms with van der Waals surface area (Å²) in [6.45, 7) is 4.11. The number of rotatable bonds is 4. The average molecular weight is 244 g/mol. The van der Waals surface area contributed by atoms with Gasteiger partial charge in [-0.3, -0.25) is 4.79 Å². The molecule has 4 unspecified atom stereocenters. The Morgan fingerprint density at radius 3 is 2.62 bits per heavy atom. The van der Waals surface area contributed by atoms with Crippen LogP contribution in [-0.2, 0) is 4.79 Å². The maximum absolute atomic E-state index is 12.2. The Balaban J connectivity index is 1.93. The number of hydrogen-bond acceptors (Lipinski definition) is 1. The molecule has 2 rings (SSSR count). The van der Waals surface area contributed by atoms with E-state index in [2.05, 4.69) is 12.2 Å². The van der Waals surface area contributed by atoms with Gasteiger partial charge in [0, 0.05) is 11.8 Å². The summed E-state index contributed by atoms with van der Waals surface area (Å²) in [6.07, 6.45) is 5.88. The van der Waals surface area contributed by atoms with Gasteiger partial charge in [-0.05, 0) is 44.4 Å². The smallest absolute Gasteiger partial charge is 0.223 e. The summed E-state index contributed by atoms with van der Waals surface area (Å²) >= 11 is 5.92. The molecule has 16 heavy (non-hydrogen) atoms. The van der Waals surface area contributed by atoms with E-state index < -0.39 is 0 Å². The predicted molar refractivity (Wildman–Crippen MR) is 66.5 cm³/mol. The van der Waals surface area contributed by atoms with Crippen molar-refractivity contribution >= 4 is 17.5 Å². The minimum absolute atomic E-state index is 0.222. The quantitative estimate of drug-likeness (QED) is 0.756. The van der Waals surface area contributed by atoms with Gasteiger partial charge in [0.2, 0.25) is 5.91 Å². The Labute approximate surface area is 103 Å². The zero-order valence-corrected chi connectivity index (χ0v) is 11.0. The van der Waals surface area contributed by atoms with E-state index >= 15 is 0 Å². The molecule has 3 heteroatoms. The second-order valence-electron chi connectivity index (χ2n) is 5.82. The van der Waals surface area contributed by atoms with E-state index in [1.54, 1.807) is 0 Å². The van der Waals surface area contributed by atoms with Crippen LogP contribution in [0, 0.1) is 17.8 Å². The molecule has 0 saturated heterocycles. The largest absolute Gasteiger partial charge is 0.350 e. The zero-order valence-electron chi connectivity index (χ0n) is 10.3. The van der Waals surface area contributed by atoms with Crippen molar-refractivity contribution in [3.05, 3.63) is 0 Å². The normalized spacial score (nSPS) is 36.1. The first kappa shape index (κ1) is 12.2. The van der Waals surface area contributed by atoms with Crippen molar-refractivity contribution in [2.75, 3.05) is 5.88 Å². The van der Waals surface area contributed by atoms with Crippen molar-refractivity contribution in [1.82, 2.24) is 5.32 Å². The first-order valence-electron chi connectivity index (χ1n) is 6.46. The van der Waals surface area contributed by atoms with Crippen molar-refractivity contribution < 1.29 is 4.79 Å². The maximum atomic E-state index is 12.2. The van der Waals surface area contributed by atoms with Crippen LogP contribution >= 0.6 is 11.6 Å². The van der Waals surface area contributed by atoms with Gasteiger partial charge in [-0.15, -0.1) is 11.6 Å². The lowest BCUT2D eigenvalue weighted by Gasteiger charge is -2.30. The lowest BCUT2D eigenvalue weighted by atomic mass is 9.87. The Hall–Kier alpha value is -0.240. The van der Waals surface area contributed by atoms with Crippen LogP contribution in [-0.4, -0.2) is 17.3 Å². The number of carbonyl (C=O) groups is 1. The van der Waals surface area contributed by atoms with E-state index in [1.165, 1.54) is 19.3 Å². The number of nitrogens with one attached hydrogen (secondary N) is 1. The highest BCUT2D eigenvalue weighted by molar-refractivity contribution is 6.18. The molecule has 0 aromatic heterocycles. The van der Waals surface area contributed by atoms with Crippen LogP contribution in [0.25, 0.3) is 0 Å². The van der Waals surface area contributed by atoms with Crippen molar-refractivity contribution in [1.29, 1.82) is 0 Å². The lowest BCUT2D eigenvalue weighted by Crippen LogP contribution is -2.50. The molecule has 2 fully saturated rings. The molecule has 0 spiro atoms. The third-order valence-corrected chi connectivity index (χ3v) is 5.16. The van der Waals surface area contributed by atoms with Crippen LogP contribution in [0.4, 0.5) is 0 Å². The van der Waals surface area contributed by atoms with Crippen molar-refractivity contribution in [2.45, 2.75) is 51.5 Å². The first-order chi connectivity index (χ1) is 7.58. The average Bonchev–Trinajstić information content (AvgIpc) is 2.90. The highest BCUT2D eigenvalue weighted by atomic mass is 35.5. The van der Waals surface area contributed by atoms with E-state index in [0.29, 0.717) is 11.8 Å². The number of amides is 1. The second kappa shape index (κ2) is 4.56. The van der Waals surface area contributed by atoms with E-state index in [1.807, 2.05) is 6.92 Å². The number of halogens is 1. The summed E-state index contributed by atoms with van der Waals surface area (Å²) in [7, 11) is 0. The lowest BCUT2D eigenvalue weighted by molar-refractivity contribution is -0.128. The van der Waals surface area contributed by atoms with Gasteiger partial charge in [0.1, 0.15) is 0 Å². The third kappa shape index (κ3) is 2.22. The molecule has 1 N–H and O–H groups in total. The fourth-order valence-corrected chi connectivity index (χ4v) is 3.43. The van der Waals surface area contributed by atoms with Gasteiger partial charge in [0.25, 0.3) is 0 Å². The van der Waals surface area contributed by atoms with Gasteiger partial charge in [-0.1, -0.05) is 13.3 Å². The molecule has 0 heterocycles. The predicted octanol–water partition coefficient (Wildman–Crippen LogP) is 2.95. The highest BCUT2D eigenvalue weighted by Crippen LogP contribution is 2.48. The van der Waals surface area contributed by atoms with Gasteiger partial charge in [-0.25, -0.2) is 0 Å². The summed E-state index contributed by atoms with van der Waals surface area (Å²) in [5, 5.41) is 3.15. The molecule has 2 nitrogen and oxygen atoms in total. The minimum atomic E-state index is -0.222. The fourth-order valence-electron chi connectivity index (χ4n) is 3.17. The molecular formula is C13H22ClNO. The summed E-state index contributed by atoms with van der Waals surface area (Å²) < 4.78 is 0. The zero-order chi connectivity index (χ0) is 11.8. The van der Waals surface area contributed by atoms with Gasteiger partial charge < -0.3 is 5.32 Å². The van der Waals surface area contributed by atoms with Gasteiger partial charge in [0.15, 0.2) is 0 Å². The number of hydrogen-bond donors (Lipinski definition) is 1. The van der Waals surface area contributed by atoms with Crippen molar-refractivity contribution in [2.24, 2.45) is 17.8 Å².